The van der Waals surface area contributed by atoms with E-state index in [2.05, 4.69) is 27.7 Å². The average molecular weight is 404 g/mol. The van der Waals surface area contributed by atoms with Crippen molar-refractivity contribution in [3.8, 4) is 5.75 Å². The van der Waals surface area contributed by atoms with Crippen LogP contribution in [-0.4, -0.2) is 49.9 Å². The maximum absolute atomic E-state index is 12.3. The van der Waals surface area contributed by atoms with Gasteiger partial charge in [-0.1, -0.05) is 41.9 Å². The molecule has 1 aliphatic heterocycles. The summed E-state index contributed by atoms with van der Waals surface area (Å²) in [4.78, 5) is 14.6. The van der Waals surface area contributed by atoms with Crippen molar-refractivity contribution in [2.75, 3.05) is 38.2 Å². The van der Waals surface area contributed by atoms with Gasteiger partial charge in [0.15, 0.2) is 0 Å². The second-order valence-corrected chi connectivity index (χ2v) is 7.06. The molecule has 2 amide bonds. The minimum absolute atomic E-state index is 0.0473. The lowest BCUT2D eigenvalue weighted by Crippen LogP contribution is -2.47. The van der Waals surface area contributed by atoms with Crippen LogP contribution in [-0.2, 0) is 11.3 Å². The maximum atomic E-state index is 12.3. The number of rotatable bonds is 7. The van der Waals surface area contributed by atoms with Crippen LogP contribution in [0.15, 0.2) is 48.5 Å². The first kappa shape index (κ1) is 20.5. The summed E-state index contributed by atoms with van der Waals surface area (Å²) in [6.07, 6.45) is -0.0473. The molecule has 7 heteroatoms. The van der Waals surface area contributed by atoms with Gasteiger partial charge in [0.2, 0.25) is 0 Å². The molecular weight excluding hydrogens is 378 g/mol. The number of urea groups is 1. The van der Waals surface area contributed by atoms with E-state index < -0.39 is 0 Å². The molecule has 0 spiro atoms. The fourth-order valence-electron chi connectivity index (χ4n) is 3.14. The van der Waals surface area contributed by atoms with Crippen LogP contribution in [0.1, 0.15) is 12.5 Å². The quantitative estimate of drug-likeness (QED) is 0.738. The Kier molecular flexibility index (Phi) is 7.54. The van der Waals surface area contributed by atoms with E-state index in [4.69, 9.17) is 21.1 Å². The van der Waals surface area contributed by atoms with E-state index in [1.165, 1.54) is 5.56 Å². The van der Waals surface area contributed by atoms with Gasteiger partial charge in [0.1, 0.15) is 5.75 Å². The highest BCUT2D eigenvalue weighted by Gasteiger charge is 2.21. The molecule has 1 saturated heterocycles. The van der Waals surface area contributed by atoms with Crippen LogP contribution in [0, 0.1) is 0 Å². The molecule has 0 saturated carbocycles. The Morgan fingerprint density at radius 1 is 1.29 bits per heavy atom. The van der Waals surface area contributed by atoms with Crippen molar-refractivity contribution in [1.29, 1.82) is 0 Å². The first-order valence-corrected chi connectivity index (χ1v) is 9.87. The fourth-order valence-corrected chi connectivity index (χ4v) is 3.32. The van der Waals surface area contributed by atoms with Gasteiger partial charge in [0.25, 0.3) is 0 Å². The summed E-state index contributed by atoms with van der Waals surface area (Å²) in [5.41, 5.74) is 1.82. The van der Waals surface area contributed by atoms with Gasteiger partial charge in [-0.2, -0.15) is 0 Å². The molecule has 0 bridgehead atoms. The standard InChI is InChI=1S/C21H26ClN3O3/c1-2-27-20-9-8-17(22)12-19(20)24-21(26)23-13-18-15-25(10-11-28-18)14-16-6-4-3-5-7-16/h3-9,12,18H,2,10-11,13-15H2,1H3,(H2,23,24,26). The lowest BCUT2D eigenvalue weighted by molar-refractivity contribution is -0.0285. The van der Waals surface area contributed by atoms with E-state index in [1.807, 2.05) is 25.1 Å². The van der Waals surface area contributed by atoms with Crippen LogP contribution in [0.5, 0.6) is 5.75 Å². The SMILES string of the molecule is CCOc1ccc(Cl)cc1NC(=O)NCC1CN(Cc2ccccc2)CCO1. The van der Waals surface area contributed by atoms with Gasteiger partial charge < -0.3 is 20.1 Å². The Bertz CT molecular complexity index is 773. The summed E-state index contributed by atoms with van der Waals surface area (Å²) >= 11 is 6.03. The molecule has 0 aromatic heterocycles. The summed E-state index contributed by atoms with van der Waals surface area (Å²) < 4.78 is 11.3. The maximum Gasteiger partial charge on any atom is 0.319 e. The van der Waals surface area contributed by atoms with Crippen molar-refractivity contribution in [3.05, 3.63) is 59.1 Å². The van der Waals surface area contributed by atoms with Crippen LogP contribution in [0.4, 0.5) is 10.5 Å². The van der Waals surface area contributed by atoms with Crippen LogP contribution in [0.25, 0.3) is 0 Å². The number of ether oxygens (including phenoxy) is 2. The highest BCUT2D eigenvalue weighted by atomic mass is 35.5. The number of hydrogen-bond acceptors (Lipinski definition) is 4. The third-order valence-corrected chi connectivity index (χ3v) is 4.69. The average Bonchev–Trinajstić information content (AvgIpc) is 2.70. The van der Waals surface area contributed by atoms with Gasteiger partial charge in [-0.15, -0.1) is 0 Å². The van der Waals surface area contributed by atoms with Gasteiger partial charge in [-0.3, -0.25) is 4.90 Å². The van der Waals surface area contributed by atoms with Crippen molar-refractivity contribution in [3.63, 3.8) is 0 Å². The Morgan fingerprint density at radius 3 is 2.89 bits per heavy atom. The molecule has 3 rings (SSSR count). The molecule has 1 aliphatic rings. The summed E-state index contributed by atoms with van der Waals surface area (Å²) in [6, 6.07) is 15.2. The monoisotopic (exact) mass is 403 g/mol. The molecule has 0 radical (unpaired) electrons. The Balaban J connectivity index is 1.48. The molecule has 1 unspecified atom stereocenters. The van der Waals surface area contributed by atoms with E-state index in [0.717, 1.165) is 19.6 Å². The van der Waals surface area contributed by atoms with Crippen molar-refractivity contribution < 1.29 is 14.3 Å². The number of hydrogen-bond donors (Lipinski definition) is 2. The molecular formula is C21H26ClN3O3. The minimum Gasteiger partial charge on any atom is -0.492 e. The Morgan fingerprint density at radius 2 is 2.11 bits per heavy atom. The zero-order valence-corrected chi connectivity index (χ0v) is 16.7. The van der Waals surface area contributed by atoms with Crippen molar-refractivity contribution in [2.24, 2.45) is 0 Å². The predicted octanol–water partition coefficient (Wildman–Crippen LogP) is 3.76. The van der Waals surface area contributed by atoms with Crippen molar-refractivity contribution >= 4 is 23.3 Å². The van der Waals surface area contributed by atoms with E-state index in [1.54, 1.807) is 18.2 Å². The molecule has 1 heterocycles. The zero-order valence-electron chi connectivity index (χ0n) is 16.0. The van der Waals surface area contributed by atoms with Gasteiger partial charge in [0.05, 0.1) is 25.0 Å². The number of carbonyl (C=O) groups is 1. The summed E-state index contributed by atoms with van der Waals surface area (Å²) in [6.45, 7) is 6.03. The van der Waals surface area contributed by atoms with E-state index in [0.29, 0.717) is 36.2 Å². The van der Waals surface area contributed by atoms with Crippen LogP contribution in [0.2, 0.25) is 5.02 Å². The second kappa shape index (κ2) is 10.3. The third kappa shape index (κ3) is 6.12. The summed E-state index contributed by atoms with van der Waals surface area (Å²) in [5, 5.41) is 6.21. The van der Waals surface area contributed by atoms with Gasteiger partial charge >= 0.3 is 6.03 Å². The zero-order chi connectivity index (χ0) is 19.8. The second-order valence-electron chi connectivity index (χ2n) is 6.62. The van der Waals surface area contributed by atoms with E-state index in [-0.39, 0.29) is 12.1 Å². The number of nitrogens with one attached hydrogen (secondary N) is 2. The van der Waals surface area contributed by atoms with Crippen molar-refractivity contribution in [1.82, 2.24) is 10.2 Å². The summed E-state index contributed by atoms with van der Waals surface area (Å²) in [5.74, 6) is 0.588. The van der Waals surface area contributed by atoms with Crippen LogP contribution < -0.4 is 15.4 Å². The molecule has 2 N–H and O–H groups in total. The normalized spacial score (nSPS) is 17.1. The van der Waals surface area contributed by atoms with Crippen molar-refractivity contribution in [2.45, 2.75) is 19.6 Å². The first-order valence-electron chi connectivity index (χ1n) is 9.49. The van der Waals surface area contributed by atoms with Gasteiger partial charge in [-0.05, 0) is 30.7 Å². The topological polar surface area (TPSA) is 62.8 Å². The molecule has 150 valence electrons. The fraction of sp³-hybridized carbons (Fsp3) is 0.381. The lowest BCUT2D eigenvalue weighted by Gasteiger charge is -2.33. The molecule has 28 heavy (non-hydrogen) atoms. The number of carbonyl (C=O) groups excluding carboxylic acids is 1. The van der Waals surface area contributed by atoms with Crippen LogP contribution >= 0.6 is 11.6 Å². The highest BCUT2D eigenvalue weighted by Crippen LogP contribution is 2.28. The highest BCUT2D eigenvalue weighted by molar-refractivity contribution is 6.31. The van der Waals surface area contributed by atoms with E-state index in [9.17, 15) is 4.79 Å². The first-order chi connectivity index (χ1) is 13.6. The molecule has 2 aromatic carbocycles. The largest absolute Gasteiger partial charge is 0.492 e. The number of nitrogens with zero attached hydrogens (tertiary/aromatic N) is 1. The summed E-state index contributed by atoms with van der Waals surface area (Å²) in [7, 11) is 0. The molecule has 6 nitrogen and oxygen atoms in total. The van der Waals surface area contributed by atoms with E-state index >= 15 is 0 Å². The molecule has 1 fully saturated rings. The molecule has 1 atom stereocenters. The number of amides is 2. The smallest absolute Gasteiger partial charge is 0.319 e. The minimum atomic E-state index is -0.313. The predicted molar refractivity (Wildman–Crippen MR) is 111 cm³/mol. The number of halogens is 1. The Hall–Kier alpha value is -2.28. The lowest BCUT2D eigenvalue weighted by atomic mass is 10.2. The molecule has 0 aliphatic carbocycles. The van der Waals surface area contributed by atoms with Gasteiger partial charge in [-0.25, -0.2) is 4.79 Å². The number of benzene rings is 2. The van der Waals surface area contributed by atoms with Gasteiger partial charge in [0, 0.05) is 31.2 Å². The Labute approximate surface area is 170 Å². The number of morpholine rings is 1. The molecule has 2 aromatic rings. The van der Waals surface area contributed by atoms with Crippen LogP contribution in [0.3, 0.4) is 0 Å². The third-order valence-electron chi connectivity index (χ3n) is 4.45. The number of anilines is 1.